The van der Waals surface area contributed by atoms with Crippen LogP contribution in [0.25, 0.3) is 0 Å². The van der Waals surface area contributed by atoms with Crippen molar-refractivity contribution in [1.29, 1.82) is 0 Å². The van der Waals surface area contributed by atoms with Crippen molar-refractivity contribution in [1.82, 2.24) is 42.1 Å². The molecule has 0 spiro atoms. The molecular weight excluding hydrogens is 953 g/mol. The van der Waals surface area contributed by atoms with Gasteiger partial charge in [-0.25, -0.2) is 0 Å². The van der Waals surface area contributed by atoms with E-state index in [4.69, 9.17) is 22.9 Å². The van der Waals surface area contributed by atoms with Gasteiger partial charge in [-0.1, -0.05) is 67.8 Å². The van der Waals surface area contributed by atoms with E-state index in [2.05, 4.69) is 37.2 Å². The third-order valence-electron chi connectivity index (χ3n) is 11.6. The summed E-state index contributed by atoms with van der Waals surface area (Å²) in [4.78, 5) is 149. The van der Waals surface area contributed by atoms with E-state index in [0.717, 1.165) is 21.6 Å². The minimum Gasteiger partial charge on any atom is -0.508 e. The fraction of sp³-hybridized carbons (Fsp3) is 0.614. The topological polar surface area (TPSA) is 400 Å². The minimum absolute atomic E-state index is 0.0467. The molecule has 3 rings (SSSR count). The Morgan fingerprint density at radius 3 is 1.97 bits per heavy atom. The Hall–Kier alpha value is -6.15. The summed E-state index contributed by atoms with van der Waals surface area (Å²) >= 11 is 0. The lowest BCUT2D eigenvalue weighted by molar-refractivity contribution is -0.142. The summed E-state index contributed by atoms with van der Waals surface area (Å²) in [6.07, 6.45) is -0.712. The second-order valence-electron chi connectivity index (χ2n) is 17.9. The molecule has 10 atom stereocenters. The van der Waals surface area contributed by atoms with E-state index < -0.39 is 145 Å². The lowest BCUT2D eigenvalue weighted by Gasteiger charge is -2.31. The van der Waals surface area contributed by atoms with Crippen molar-refractivity contribution in [2.24, 2.45) is 34.8 Å². The number of carbonyl (C=O) groups excluding carboxylic acids is 11. The first-order valence-corrected chi connectivity index (χ1v) is 25.5. The van der Waals surface area contributed by atoms with Crippen LogP contribution in [0.15, 0.2) is 24.3 Å². The van der Waals surface area contributed by atoms with Gasteiger partial charge in [-0.05, 0) is 62.1 Å². The number of nitrogens with one attached hydrogen (secondary N) is 7. The SMILES string of the molecule is CC[C@@H](C)[C@H]1NC(=O)C(Cc2ccc(O)cc2)NC(=O)[C@H](N)CSSCC(C(=O)N2CCC[C@@H]2C(=O)N[C@H](CC(C)C)C(=O)N[C@H](C)C(N)=O)NC(=O)C(CC(N)=O)NC(=O)[C@@H](CCC(N)=O)NC1=O. The summed E-state index contributed by atoms with van der Waals surface area (Å²) < 4.78 is 0. The molecule has 2 fully saturated rings. The second kappa shape index (κ2) is 27.9. The Bertz CT molecular complexity index is 2080. The standard InChI is InChI=1S/C44H68N12O12S2/c1-6-22(4)35-43(67)50-27(13-14-33(46)58)38(62)52-30(18-34(47)59)40(64)54-31(20-70-69-19-26(45)37(61)51-29(41(65)55-35)17-24-9-11-25(57)12-10-24)44(68)56-15-7-8-32(56)42(66)53-28(16-21(2)3)39(63)49-23(5)36(48)60/h9-12,21-23,26-32,35,57H,6-8,13-20,45H2,1-5H3,(H2,46,58)(H2,47,59)(H2,48,60)(H,49,63)(H,50,67)(H,51,61)(H,52,62)(H,53,66)(H,54,64)(H,55,65)/t22-,23-,26-,27-,28-,29?,30?,31?,32-,35-/m1/s1. The normalized spacial score (nSPS) is 24.6. The molecular formula is C44H68N12O12S2. The molecule has 11 amide bonds. The van der Waals surface area contributed by atoms with E-state index in [-0.39, 0.29) is 49.0 Å². The highest BCUT2D eigenvalue weighted by Gasteiger charge is 2.41. The largest absolute Gasteiger partial charge is 0.508 e. The summed E-state index contributed by atoms with van der Waals surface area (Å²) in [7, 11) is 2.05. The highest BCUT2D eigenvalue weighted by atomic mass is 33.1. The Morgan fingerprint density at radius 1 is 0.771 bits per heavy atom. The lowest BCUT2D eigenvalue weighted by Crippen LogP contribution is -2.61. The monoisotopic (exact) mass is 1020 g/mol. The number of phenolic OH excluding ortho intramolecular Hbond substituents is 1. The molecule has 2 heterocycles. The fourth-order valence-corrected chi connectivity index (χ4v) is 9.71. The van der Waals surface area contributed by atoms with Gasteiger partial charge in [0.15, 0.2) is 0 Å². The van der Waals surface area contributed by atoms with Crippen LogP contribution in [-0.4, -0.2) is 147 Å². The fourth-order valence-electron chi connectivity index (χ4n) is 7.43. The maximum Gasteiger partial charge on any atom is 0.246 e. The van der Waals surface area contributed by atoms with E-state index in [1.807, 2.05) is 13.8 Å². The van der Waals surface area contributed by atoms with E-state index in [0.29, 0.717) is 18.4 Å². The number of likely N-dealkylation sites (tertiary alicyclic amines) is 1. The van der Waals surface area contributed by atoms with Crippen LogP contribution in [0.2, 0.25) is 0 Å². The van der Waals surface area contributed by atoms with Crippen molar-refractivity contribution in [3.8, 4) is 5.75 Å². The van der Waals surface area contributed by atoms with Crippen molar-refractivity contribution in [3.05, 3.63) is 29.8 Å². The molecule has 2 aliphatic rings. The van der Waals surface area contributed by atoms with Gasteiger partial charge in [-0.2, -0.15) is 0 Å². The van der Waals surface area contributed by atoms with Crippen molar-refractivity contribution in [3.63, 3.8) is 0 Å². The number of amides is 11. The predicted molar refractivity (Wildman–Crippen MR) is 259 cm³/mol. The molecule has 0 aromatic heterocycles. The Morgan fingerprint density at radius 2 is 1.37 bits per heavy atom. The van der Waals surface area contributed by atoms with Gasteiger partial charge in [0.1, 0.15) is 54.1 Å². The number of aromatic hydroxyl groups is 1. The maximum absolute atomic E-state index is 14.5. The van der Waals surface area contributed by atoms with Crippen molar-refractivity contribution in [2.45, 2.75) is 140 Å². The lowest BCUT2D eigenvalue weighted by atomic mass is 9.96. The average molecular weight is 1020 g/mol. The molecule has 26 heteroatoms. The van der Waals surface area contributed by atoms with Crippen LogP contribution < -0.4 is 60.2 Å². The average Bonchev–Trinajstić information content (AvgIpc) is 3.79. The number of hydrogen-bond donors (Lipinski definition) is 12. The Kier molecular flexibility index (Phi) is 23.2. The number of hydrogen-bond acceptors (Lipinski definition) is 15. The zero-order valence-electron chi connectivity index (χ0n) is 39.9. The molecule has 2 saturated heterocycles. The quantitative estimate of drug-likeness (QED) is 0.0683. The first kappa shape index (κ1) is 58.2. The van der Waals surface area contributed by atoms with Crippen LogP contribution in [0.4, 0.5) is 0 Å². The third kappa shape index (κ3) is 18.3. The summed E-state index contributed by atoms with van der Waals surface area (Å²) in [5, 5.41) is 27.8. The Balaban J connectivity index is 2.05. The van der Waals surface area contributed by atoms with Crippen LogP contribution in [0.5, 0.6) is 5.75 Å². The van der Waals surface area contributed by atoms with E-state index >= 15 is 0 Å². The number of rotatable bonds is 17. The molecule has 1 aromatic carbocycles. The van der Waals surface area contributed by atoms with Gasteiger partial charge >= 0.3 is 0 Å². The second-order valence-corrected chi connectivity index (χ2v) is 20.4. The van der Waals surface area contributed by atoms with Crippen LogP contribution in [0.3, 0.4) is 0 Å². The molecule has 0 aliphatic carbocycles. The highest BCUT2D eigenvalue weighted by Crippen LogP contribution is 2.26. The minimum atomic E-state index is -1.75. The number of nitrogens with zero attached hydrogens (tertiary/aromatic N) is 1. The zero-order chi connectivity index (χ0) is 52.4. The van der Waals surface area contributed by atoms with Gasteiger partial charge in [-0.3, -0.25) is 52.7 Å². The molecule has 2 aliphatic heterocycles. The van der Waals surface area contributed by atoms with Crippen LogP contribution in [0, 0.1) is 11.8 Å². The van der Waals surface area contributed by atoms with Gasteiger partial charge in [0.25, 0.3) is 0 Å². The smallest absolute Gasteiger partial charge is 0.246 e. The van der Waals surface area contributed by atoms with E-state index in [9.17, 15) is 57.8 Å². The molecule has 16 N–H and O–H groups in total. The molecule has 0 bridgehead atoms. The number of carbonyl (C=O) groups is 11. The van der Waals surface area contributed by atoms with Crippen LogP contribution >= 0.6 is 21.6 Å². The number of benzene rings is 1. The zero-order valence-corrected chi connectivity index (χ0v) is 41.6. The summed E-state index contributed by atoms with van der Waals surface area (Å²) in [5.41, 5.74) is 23.1. The van der Waals surface area contributed by atoms with Crippen LogP contribution in [0.1, 0.15) is 85.1 Å². The van der Waals surface area contributed by atoms with Gasteiger partial charge in [0.05, 0.1) is 12.5 Å². The van der Waals surface area contributed by atoms with Gasteiger partial charge in [-0.15, -0.1) is 0 Å². The van der Waals surface area contributed by atoms with Crippen molar-refractivity contribution < 1.29 is 57.8 Å². The summed E-state index contributed by atoms with van der Waals surface area (Å²) in [6, 6.07) is -6.13. The molecule has 1 aromatic rings. The number of nitrogens with two attached hydrogens (primary N) is 4. The summed E-state index contributed by atoms with van der Waals surface area (Å²) in [6.45, 7) is 8.46. The predicted octanol–water partition coefficient (Wildman–Crippen LogP) is -3.22. The third-order valence-corrected chi connectivity index (χ3v) is 14.1. The molecule has 0 saturated carbocycles. The summed E-state index contributed by atoms with van der Waals surface area (Å²) in [5.74, 6) is -10.4. The first-order chi connectivity index (χ1) is 32.9. The van der Waals surface area contributed by atoms with Crippen molar-refractivity contribution >= 4 is 86.6 Å². The van der Waals surface area contributed by atoms with E-state index in [1.54, 1.807) is 13.8 Å². The van der Waals surface area contributed by atoms with Gasteiger partial charge in [0, 0.05) is 30.9 Å². The highest BCUT2D eigenvalue weighted by molar-refractivity contribution is 8.76. The Labute approximate surface area is 413 Å². The van der Waals surface area contributed by atoms with Gasteiger partial charge < -0.3 is 70.2 Å². The first-order valence-electron chi connectivity index (χ1n) is 23.0. The molecule has 0 radical (unpaired) electrons. The molecule has 3 unspecified atom stereocenters. The molecule has 388 valence electrons. The van der Waals surface area contributed by atoms with Crippen LogP contribution in [-0.2, 0) is 59.2 Å². The van der Waals surface area contributed by atoms with E-state index in [1.165, 1.54) is 36.1 Å². The number of primary amides is 3. The molecule has 70 heavy (non-hydrogen) atoms. The van der Waals surface area contributed by atoms with Crippen molar-refractivity contribution in [2.75, 3.05) is 18.1 Å². The maximum atomic E-state index is 14.5. The molecule has 24 nitrogen and oxygen atoms in total. The number of phenols is 1. The van der Waals surface area contributed by atoms with Gasteiger partial charge in [0.2, 0.25) is 65.0 Å².